The van der Waals surface area contributed by atoms with Gasteiger partial charge < -0.3 is 19.6 Å². The third-order valence-electron chi connectivity index (χ3n) is 5.93. The quantitative estimate of drug-likeness (QED) is 0.666. The summed E-state index contributed by atoms with van der Waals surface area (Å²) in [4.78, 5) is 17.8. The first-order chi connectivity index (χ1) is 16.3. The molecule has 1 fully saturated rings. The number of amides is 1. The van der Waals surface area contributed by atoms with E-state index in [0.717, 1.165) is 23.4 Å². The molecule has 2 aromatic rings. The molecular weight excluding hydrogens is 465 g/mol. The lowest BCUT2D eigenvalue weighted by atomic mass is 9.89. The molecule has 0 unspecified atom stereocenters. The van der Waals surface area contributed by atoms with E-state index >= 15 is 0 Å². The lowest BCUT2D eigenvalue weighted by molar-refractivity contribution is -0.0506. The molecule has 1 N–H and O–H groups in total. The zero-order valence-corrected chi connectivity index (χ0v) is 19.5. The summed E-state index contributed by atoms with van der Waals surface area (Å²) in [5, 5.41) is 6.59. The Kier molecular flexibility index (Phi) is 7.03. The van der Waals surface area contributed by atoms with Crippen molar-refractivity contribution in [1.82, 2.24) is 9.62 Å². The number of benzene rings is 2. The monoisotopic (exact) mass is 491 g/mol. The Morgan fingerprint density at radius 2 is 1.94 bits per heavy atom. The lowest BCUT2D eigenvalue weighted by Gasteiger charge is -2.36. The molecule has 1 spiro atoms. The summed E-state index contributed by atoms with van der Waals surface area (Å²) in [7, 11) is -2.13. The normalized spacial score (nSPS) is 17.6. The first-order valence-corrected chi connectivity index (χ1v) is 12.3. The molecule has 2 aromatic carbocycles. The molecule has 0 aliphatic carbocycles. The van der Waals surface area contributed by atoms with Gasteiger partial charge in [-0.1, -0.05) is 17.3 Å². The Labute approximate surface area is 197 Å². The number of nitrogens with one attached hydrogen (secondary N) is 1. The number of carbonyl (C=O) groups is 1. The number of hydrogen-bond donors (Lipinski definition) is 1. The highest BCUT2D eigenvalue weighted by molar-refractivity contribution is 7.89. The highest BCUT2D eigenvalue weighted by Crippen LogP contribution is 2.36. The van der Waals surface area contributed by atoms with E-state index in [1.54, 1.807) is 7.11 Å². The number of methoxy groups -OCH3 is 1. The van der Waals surface area contributed by atoms with E-state index in [1.165, 1.54) is 16.4 Å². The summed E-state index contributed by atoms with van der Waals surface area (Å²) >= 11 is 0. The highest BCUT2D eigenvalue weighted by atomic mass is 32.2. The number of carbonyl (C=O) groups excluding carboxylic acids is 1. The second-order valence-corrected chi connectivity index (χ2v) is 10.1. The minimum absolute atomic E-state index is 0.0445. The van der Waals surface area contributed by atoms with Crippen molar-refractivity contribution in [3.63, 3.8) is 0 Å². The zero-order chi connectivity index (χ0) is 24.2. The first-order valence-electron chi connectivity index (χ1n) is 10.9. The van der Waals surface area contributed by atoms with E-state index in [0.29, 0.717) is 25.8 Å². The van der Waals surface area contributed by atoms with Crippen molar-refractivity contribution in [1.29, 1.82) is 0 Å². The molecule has 9 nitrogen and oxygen atoms in total. The summed E-state index contributed by atoms with van der Waals surface area (Å²) in [6, 6.07) is 12.3. The number of piperidine rings is 1. The molecular formula is C23H26FN3O6S. The molecule has 1 saturated heterocycles. The number of oxime groups is 1. The van der Waals surface area contributed by atoms with Gasteiger partial charge in [-0.05, 0) is 48.4 Å². The molecule has 0 aromatic heterocycles. The van der Waals surface area contributed by atoms with Crippen molar-refractivity contribution in [2.24, 2.45) is 5.16 Å². The van der Waals surface area contributed by atoms with E-state index in [4.69, 9.17) is 14.3 Å². The number of hydrogen-bond acceptors (Lipinski definition) is 7. The maximum atomic E-state index is 13.1. The molecule has 1 amide bonds. The minimum atomic E-state index is -3.72. The van der Waals surface area contributed by atoms with E-state index < -0.39 is 27.5 Å². The summed E-state index contributed by atoms with van der Waals surface area (Å²) in [6.45, 7) is 0.811. The standard InChI is InChI=1S/C23H26FN3O6S/c1-31-19-4-2-3-17(15-19)9-12-25-22(28)32-21-16-23(33-26-21)10-13-27(14-11-23)34(29,30)20-7-5-18(24)6-8-20/h2-8,15H,9-14,16H2,1H3,(H,25,28). The van der Waals surface area contributed by atoms with E-state index in [9.17, 15) is 17.6 Å². The van der Waals surface area contributed by atoms with Crippen LogP contribution in [0.5, 0.6) is 5.75 Å². The first kappa shape index (κ1) is 24.0. The van der Waals surface area contributed by atoms with E-state index in [-0.39, 0.29) is 30.3 Å². The third-order valence-corrected chi connectivity index (χ3v) is 7.84. The molecule has 34 heavy (non-hydrogen) atoms. The smallest absolute Gasteiger partial charge is 0.413 e. The average molecular weight is 492 g/mol. The molecule has 2 aliphatic heterocycles. The zero-order valence-electron chi connectivity index (χ0n) is 18.7. The van der Waals surface area contributed by atoms with Gasteiger partial charge >= 0.3 is 6.09 Å². The van der Waals surface area contributed by atoms with Crippen molar-refractivity contribution in [3.8, 4) is 5.75 Å². The van der Waals surface area contributed by atoms with E-state index in [2.05, 4.69) is 10.5 Å². The van der Waals surface area contributed by atoms with Gasteiger partial charge in [-0.3, -0.25) is 0 Å². The van der Waals surface area contributed by atoms with Crippen molar-refractivity contribution in [2.75, 3.05) is 26.7 Å². The lowest BCUT2D eigenvalue weighted by Crippen LogP contribution is -2.46. The maximum Gasteiger partial charge on any atom is 0.413 e. The predicted octanol–water partition coefficient (Wildman–Crippen LogP) is 3.06. The molecule has 182 valence electrons. The fraction of sp³-hybridized carbons (Fsp3) is 0.391. The molecule has 4 rings (SSSR count). The van der Waals surface area contributed by atoms with Crippen molar-refractivity contribution in [2.45, 2.75) is 36.2 Å². The Balaban J connectivity index is 1.23. The van der Waals surface area contributed by atoms with Gasteiger partial charge in [-0.15, -0.1) is 0 Å². The Hall–Kier alpha value is -3.18. The van der Waals surface area contributed by atoms with Crippen LogP contribution in [0, 0.1) is 5.82 Å². The molecule has 2 heterocycles. The van der Waals surface area contributed by atoms with Gasteiger partial charge in [0.05, 0.1) is 18.4 Å². The van der Waals surface area contributed by atoms with Gasteiger partial charge in [-0.25, -0.2) is 17.6 Å². The Bertz CT molecular complexity index is 1160. The van der Waals surface area contributed by atoms with Crippen LogP contribution in [0.4, 0.5) is 9.18 Å². The van der Waals surface area contributed by atoms with Gasteiger partial charge in [0.1, 0.15) is 17.2 Å². The van der Waals surface area contributed by atoms with Crippen LogP contribution in [0.3, 0.4) is 0 Å². The highest BCUT2D eigenvalue weighted by Gasteiger charge is 2.45. The minimum Gasteiger partial charge on any atom is -0.497 e. The van der Waals surface area contributed by atoms with Gasteiger partial charge in [0.15, 0.2) is 0 Å². The number of rotatable bonds is 6. The van der Waals surface area contributed by atoms with Crippen LogP contribution in [0.15, 0.2) is 58.6 Å². The summed E-state index contributed by atoms with van der Waals surface area (Å²) in [5.74, 6) is 0.415. The fourth-order valence-corrected chi connectivity index (χ4v) is 5.42. The third kappa shape index (κ3) is 5.48. The topological polar surface area (TPSA) is 107 Å². The fourth-order valence-electron chi connectivity index (χ4n) is 3.98. The van der Waals surface area contributed by atoms with Gasteiger partial charge in [-0.2, -0.15) is 4.31 Å². The Morgan fingerprint density at radius 1 is 1.21 bits per heavy atom. The molecule has 2 aliphatic rings. The summed E-state index contributed by atoms with van der Waals surface area (Å²) in [5.41, 5.74) is 0.313. The van der Waals surface area contributed by atoms with Crippen LogP contribution in [-0.4, -0.2) is 57.1 Å². The maximum absolute atomic E-state index is 13.1. The Morgan fingerprint density at radius 3 is 2.65 bits per heavy atom. The summed E-state index contributed by atoms with van der Waals surface area (Å²) < 4.78 is 50.5. The SMILES string of the molecule is COc1cccc(CCNC(=O)OC2=NOC3(CCN(S(=O)(=O)c4ccc(F)cc4)CC3)C2)c1. The molecule has 0 bridgehead atoms. The van der Waals surface area contributed by atoms with Gasteiger partial charge in [0, 0.05) is 32.5 Å². The number of nitrogens with zero attached hydrogens (tertiary/aromatic N) is 2. The molecule has 0 radical (unpaired) electrons. The number of sulfonamides is 1. The van der Waals surface area contributed by atoms with Gasteiger partial charge in [0.2, 0.25) is 15.9 Å². The largest absolute Gasteiger partial charge is 0.497 e. The molecule has 0 saturated carbocycles. The number of ether oxygens (including phenoxy) is 2. The second kappa shape index (κ2) is 9.98. The van der Waals surface area contributed by atoms with Crippen LogP contribution >= 0.6 is 0 Å². The van der Waals surface area contributed by atoms with Crippen molar-refractivity contribution >= 4 is 22.0 Å². The van der Waals surface area contributed by atoms with Crippen molar-refractivity contribution in [3.05, 3.63) is 59.9 Å². The van der Waals surface area contributed by atoms with Crippen LogP contribution in [0.25, 0.3) is 0 Å². The number of halogens is 1. The van der Waals surface area contributed by atoms with E-state index in [1.807, 2.05) is 24.3 Å². The van der Waals surface area contributed by atoms with Crippen LogP contribution < -0.4 is 10.1 Å². The predicted molar refractivity (Wildman–Crippen MR) is 121 cm³/mol. The number of alkyl carbamates (subject to hydrolysis) is 1. The van der Waals surface area contributed by atoms with Crippen molar-refractivity contribution < 1.29 is 31.9 Å². The van der Waals surface area contributed by atoms with Crippen LogP contribution in [-0.2, 0) is 26.0 Å². The molecule has 11 heteroatoms. The van der Waals surface area contributed by atoms with Crippen LogP contribution in [0.1, 0.15) is 24.8 Å². The second-order valence-electron chi connectivity index (χ2n) is 8.21. The summed E-state index contributed by atoms with van der Waals surface area (Å²) in [6.07, 6.45) is 1.04. The molecule has 0 atom stereocenters. The van der Waals surface area contributed by atoms with Crippen LogP contribution in [0.2, 0.25) is 0 Å². The van der Waals surface area contributed by atoms with Gasteiger partial charge in [0.25, 0.3) is 0 Å². The average Bonchev–Trinajstić information content (AvgIpc) is 3.21.